The summed E-state index contributed by atoms with van der Waals surface area (Å²) in [6, 6.07) is 15.3. The van der Waals surface area contributed by atoms with Gasteiger partial charge in [-0.1, -0.05) is 38.1 Å². The van der Waals surface area contributed by atoms with Crippen LogP contribution in [-0.2, 0) is 0 Å². The molecule has 26 heavy (non-hydrogen) atoms. The second kappa shape index (κ2) is 8.13. The molecule has 0 aromatic heterocycles. The highest BCUT2D eigenvalue weighted by atomic mass is 16.5. The molecule has 0 amide bonds. The topological polar surface area (TPSA) is 38.7 Å². The van der Waals surface area contributed by atoms with Gasteiger partial charge in [-0.2, -0.15) is 0 Å². The van der Waals surface area contributed by atoms with Gasteiger partial charge in [0, 0.05) is 0 Å². The van der Waals surface area contributed by atoms with Crippen molar-refractivity contribution in [1.29, 1.82) is 0 Å². The van der Waals surface area contributed by atoms with E-state index in [1.54, 1.807) is 0 Å². The number of benzene rings is 2. The first-order valence-electron chi connectivity index (χ1n) is 9.42. The molecule has 0 fully saturated rings. The first-order chi connectivity index (χ1) is 12.2. The van der Waals surface area contributed by atoms with Crippen LogP contribution in [0.4, 0.5) is 0 Å². The second-order valence-electron chi connectivity index (χ2n) is 7.97. The standard InChI is InChI=1S/C23H32O3/c1-7-22(3,4)25-19-13-9-17(10-14-19)21(24)18-11-15-20(16-12-18)26-23(5,6)8-2/h9-16,21,24H,7-8H2,1-6H3. The first kappa shape index (κ1) is 20.3. The van der Waals surface area contributed by atoms with Crippen molar-refractivity contribution in [3.05, 3.63) is 59.7 Å². The van der Waals surface area contributed by atoms with E-state index in [9.17, 15) is 5.11 Å². The minimum Gasteiger partial charge on any atom is -0.488 e. The number of ether oxygens (including phenoxy) is 2. The Kier molecular flexibility index (Phi) is 6.35. The molecule has 0 unspecified atom stereocenters. The van der Waals surface area contributed by atoms with Crippen LogP contribution >= 0.6 is 0 Å². The molecular weight excluding hydrogens is 324 g/mol. The maximum Gasteiger partial charge on any atom is 0.120 e. The molecule has 0 spiro atoms. The van der Waals surface area contributed by atoms with Crippen molar-refractivity contribution in [2.45, 2.75) is 71.7 Å². The smallest absolute Gasteiger partial charge is 0.120 e. The van der Waals surface area contributed by atoms with Gasteiger partial charge in [-0.15, -0.1) is 0 Å². The summed E-state index contributed by atoms with van der Waals surface area (Å²) in [7, 11) is 0. The molecule has 0 saturated carbocycles. The highest BCUT2D eigenvalue weighted by Crippen LogP contribution is 2.28. The molecule has 142 valence electrons. The molecule has 3 heteroatoms. The Morgan fingerprint density at radius 1 is 0.692 bits per heavy atom. The molecule has 2 aromatic carbocycles. The first-order valence-corrected chi connectivity index (χ1v) is 9.42. The van der Waals surface area contributed by atoms with Gasteiger partial charge in [-0.05, 0) is 75.9 Å². The van der Waals surface area contributed by atoms with Crippen molar-refractivity contribution in [2.24, 2.45) is 0 Å². The average molecular weight is 357 g/mol. The van der Waals surface area contributed by atoms with E-state index in [0.29, 0.717) is 0 Å². The largest absolute Gasteiger partial charge is 0.488 e. The Morgan fingerprint density at radius 3 is 1.27 bits per heavy atom. The summed E-state index contributed by atoms with van der Waals surface area (Å²) in [6.45, 7) is 12.5. The molecule has 3 nitrogen and oxygen atoms in total. The molecule has 0 aliphatic carbocycles. The van der Waals surface area contributed by atoms with Crippen molar-refractivity contribution in [2.75, 3.05) is 0 Å². The predicted octanol–water partition coefficient (Wildman–Crippen LogP) is 5.90. The normalized spacial score (nSPS) is 12.3. The third-order valence-electron chi connectivity index (χ3n) is 4.88. The summed E-state index contributed by atoms with van der Waals surface area (Å²) in [5, 5.41) is 10.6. The Balaban J connectivity index is 2.07. The van der Waals surface area contributed by atoms with Crippen LogP contribution in [0, 0.1) is 0 Å². The second-order valence-corrected chi connectivity index (χ2v) is 7.97. The van der Waals surface area contributed by atoms with E-state index in [2.05, 4.69) is 41.5 Å². The van der Waals surface area contributed by atoms with Gasteiger partial charge >= 0.3 is 0 Å². The van der Waals surface area contributed by atoms with Gasteiger partial charge in [-0.25, -0.2) is 0 Å². The lowest BCUT2D eigenvalue weighted by atomic mass is 10.0. The van der Waals surface area contributed by atoms with Crippen LogP contribution in [0.5, 0.6) is 11.5 Å². The molecule has 0 atom stereocenters. The summed E-state index contributed by atoms with van der Waals surface area (Å²) in [5.41, 5.74) is 1.30. The molecule has 0 aliphatic rings. The molecule has 0 aliphatic heterocycles. The minimum atomic E-state index is -0.670. The summed E-state index contributed by atoms with van der Waals surface area (Å²) in [4.78, 5) is 0. The molecule has 0 bridgehead atoms. The lowest BCUT2D eigenvalue weighted by Crippen LogP contribution is -2.26. The molecule has 1 N–H and O–H groups in total. The fraction of sp³-hybridized carbons (Fsp3) is 0.478. The van der Waals surface area contributed by atoms with E-state index in [-0.39, 0.29) is 11.2 Å². The molecular formula is C23H32O3. The molecule has 2 rings (SSSR count). The maximum atomic E-state index is 10.6. The lowest BCUT2D eigenvalue weighted by Gasteiger charge is -2.25. The van der Waals surface area contributed by atoms with Crippen LogP contribution < -0.4 is 9.47 Å². The number of rotatable bonds is 8. The fourth-order valence-electron chi connectivity index (χ4n) is 2.41. The van der Waals surface area contributed by atoms with Gasteiger partial charge in [0.2, 0.25) is 0 Å². The highest BCUT2D eigenvalue weighted by molar-refractivity contribution is 5.36. The Labute approximate surface area is 158 Å². The van der Waals surface area contributed by atoms with Gasteiger partial charge < -0.3 is 14.6 Å². The quantitative estimate of drug-likeness (QED) is 0.639. The van der Waals surface area contributed by atoms with Gasteiger partial charge in [0.15, 0.2) is 0 Å². The number of hydrogen-bond acceptors (Lipinski definition) is 3. The monoisotopic (exact) mass is 356 g/mol. The van der Waals surface area contributed by atoms with Gasteiger partial charge in [0.1, 0.15) is 28.8 Å². The third kappa shape index (κ3) is 5.50. The zero-order valence-electron chi connectivity index (χ0n) is 16.9. The van der Waals surface area contributed by atoms with Crippen LogP contribution in [0.1, 0.15) is 71.6 Å². The van der Waals surface area contributed by atoms with Crippen LogP contribution in [-0.4, -0.2) is 16.3 Å². The number of aliphatic hydroxyl groups is 1. The molecule has 0 saturated heterocycles. The van der Waals surface area contributed by atoms with Gasteiger partial charge in [0.25, 0.3) is 0 Å². The summed E-state index contributed by atoms with van der Waals surface area (Å²) in [5.74, 6) is 1.64. The molecule has 0 radical (unpaired) electrons. The van der Waals surface area contributed by atoms with Gasteiger partial charge in [0.05, 0.1) is 0 Å². The van der Waals surface area contributed by atoms with E-state index >= 15 is 0 Å². The minimum absolute atomic E-state index is 0.192. The zero-order chi connectivity index (χ0) is 19.4. The Bertz CT molecular complexity index is 623. The number of hydrogen-bond donors (Lipinski definition) is 1. The van der Waals surface area contributed by atoms with Gasteiger partial charge in [-0.3, -0.25) is 0 Å². The van der Waals surface area contributed by atoms with E-state index in [1.165, 1.54) is 0 Å². The van der Waals surface area contributed by atoms with Crippen LogP contribution in [0.3, 0.4) is 0 Å². The van der Waals surface area contributed by atoms with Crippen LogP contribution in [0.15, 0.2) is 48.5 Å². The Morgan fingerprint density at radius 2 is 1.00 bits per heavy atom. The maximum absolute atomic E-state index is 10.6. The fourth-order valence-corrected chi connectivity index (χ4v) is 2.41. The average Bonchev–Trinajstić information content (AvgIpc) is 2.62. The SMILES string of the molecule is CCC(C)(C)Oc1ccc(C(O)c2ccc(OC(C)(C)CC)cc2)cc1. The van der Waals surface area contributed by atoms with Crippen LogP contribution in [0.2, 0.25) is 0 Å². The predicted molar refractivity (Wildman–Crippen MR) is 107 cm³/mol. The van der Waals surface area contributed by atoms with Crippen molar-refractivity contribution in [1.82, 2.24) is 0 Å². The van der Waals surface area contributed by atoms with Crippen molar-refractivity contribution in [3.63, 3.8) is 0 Å². The van der Waals surface area contributed by atoms with E-state index in [0.717, 1.165) is 35.5 Å². The van der Waals surface area contributed by atoms with E-state index in [4.69, 9.17) is 9.47 Å². The summed E-state index contributed by atoms with van der Waals surface area (Å²) in [6.07, 6.45) is 1.19. The summed E-state index contributed by atoms with van der Waals surface area (Å²) < 4.78 is 11.9. The van der Waals surface area contributed by atoms with Crippen molar-refractivity contribution >= 4 is 0 Å². The molecule has 0 heterocycles. The Hall–Kier alpha value is -2.00. The van der Waals surface area contributed by atoms with Crippen molar-refractivity contribution in [3.8, 4) is 11.5 Å². The van der Waals surface area contributed by atoms with E-state index in [1.807, 2.05) is 48.5 Å². The molecule has 2 aromatic rings. The van der Waals surface area contributed by atoms with Crippen LogP contribution in [0.25, 0.3) is 0 Å². The third-order valence-corrected chi connectivity index (χ3v) is 4.88. The van der Waals surface area contributed by atoms with E-state index < -0.39 is 6.10 Å². The summed E-state index contributed by atoms with van der Waals surface area (Å²) >= 11 is 0. The number of aliphatic hydroxyl groups excluding tert-OH is 1. The van der Waals surface area contributed by atoms with Crippen molar-refractivity contribution < 1.29 is 14.6 Å². The zero-order valence-corrected chi connectivity index (χ0v) is 16.9. The highest BCUT2D eigenvalue weighted by Gasteiger charge is 2.18. The lowest BCUT2D eigenvalue weighted by molar-refractivity contribution is 0.105.